The lowest BCUT2D eigenvalue weighted by molar-refractivity contribution is -0.132. The Morgan fingerprint density at radius 3 is 2.56 bits per heavy atom. The van der Waals surface area contributed by atoms with E-state index in [4.69, 9.17) is 18.7 Å². The number of rotatable bonds is 8. The maximum Gasteiger partial charge on any atom is 0.249 e. The minimum Gasteiger partial charge on any atom is -0.497 e. The van der Waals surface area contributed by atoms with E-state index in [1.54, 1.807) is 33.5 Å². The molecular formula is C24H27N3O5. The number of methoxy groups -OCH3 is 3. The van der Waals surface area contributed by atoms with Gasteiger partial charge in [-0.15, -0.1) is 0 Å². The number of aryl methyl sites for hydroxylation is 1. The minimum atomic E-state index is -0.195. The zero-order valence-electron chi connectivity index (χ0n) is 18.5. The Morgan fingerprint density at radius 2 is 1.84 bits per heavy atom. The molecule has 1 unspecified atom stereocenters. The number of nitrogens with zero attached hydrogens (tertiary/aromatic N) is 3. The van der Waals surface area contributed by atoms with Crippen molar-refractivity contribution in [2.24, 2.45) is 0 Å². The van der Waals surface area contributed by atoms with Crippen molar-refractivity contribution in [1.82, 2.24) is 15.0 Å². The number of amides is 1. The van der Waals surface area contributed by atoms with E-state index in [1.165, 1.54) is 0 Å². The van der Waals surface area contributed by atoms with Gasteiger partial charge in [0.1, 0.15) is 11.8 Å². The zero-order chi connectivity index (χ0) is 22.5. The molecule has 2 heterocycles. The van der Waals surface area contributed by atoms with Crippen molar-refractivity contribution in [2.45, 2.75) is 31.7 Å². The summed E-state index contributed by atoms with van der Waals surface area (Å²) in [7, 11) is 4.81. The van der Waals surface area contributed by atoms with E-state index in [0.29, 0.717) is 42.6 Å². The van der Waals surface area contributed by atoms with Crippen LogP contribution in [0.5, 0.6) is 17.2 Å². The molecule has 8 heteroatoms. The van der Waals surface area contributed by atoms with Gasteiger partial charge in [-0.1, -0.05) is 17.3 Å². The number of carbonyl (C=O) groups is 1. The largest absolute Gasteiger partial charge is 0.497 e. The molecule has 1 amide bonds. The van der Waals surface area contributed by atoms with Crippen LogP contribution in [0, 0.1) is 0 Å². The number of ether oxygens (including phenoxy) is 3. The second kappa shape index (κ2) is 9.72. The normalized spacial score (nSPS) is 15.6. The Kier molecular flexibility index (Phi) is 6.58. The summed E-state index contributed by atoms with van der Waals surface area (Å²) in [5, 5.41) is 4.13. The van der Waals surface area contributed by atoms with Gasteiger partial charge in [0.15, 0.2) is 11.5 Å². The summed E-state index contributed by atoms with van der Waals surface area (Å²) >= 11 is 0. The SMILES string of the molecule is COc1ccc(CCC(=O)N2CCCC2c2nc(-c3ccc(OC)c(OC)c3)no2)cc1. The first kappa shape index (κ1) is 21.7. The smallest absolute Gasteiger partial charge is 0.249 e. The van der Waals surface area contributed by atoms with Crippen LogP contribution >= 0.6 is 0 Å². The van der Waals surface area contributed by atoms with E-state index in [1.807, 2.05) is 35.2 Å². The Bertz CT molecular complexity index is 1060. The van der Waals surface area contributed by atoms with Gasteiger partial charge < -0.3 is 23.6 Å². The van der Waals surface area contributed by atoms with Crippen LogP contribution in [0.1, 0.15) is 36.8 Å². The van der Waals surface area contributed by atoms with Crippen LogP contribution in [0.25, 0.3) is 11.4 Å². The lowest BCUT2D eigenvalue weighted by Crippen LogP contribution is -2.30. The third-order valence-corrected chi connectivity index (χ3v) is 5.73. The maximum absolute atomic E-state index is 12.9. The molecule has 2 aromatic carbocycles. The topological polar surface area (TPSA) is 86.9 Å². The van der Waals surface area contributed by atoms with Crippen molar-refractivity contribution in [3.05, 3.63) is 53.9 Å². The molecule has 32 heavy (non-hydrogen) atoms. The molecule has 0 spiro atoms. The minimum absolute atomic E-state index is 0.0918. The Hall–Kier alpha value is -3.55. The van der Waals surface area contributed by atoms with Crippen LogP contribution < -0.4 is 14.2 Å². The van der Waals surface area contributed by atoms with Crippen molar-refractivity contribution < 1.29 is 23.5 Å². The molecule has 168 valence electrons. The van der Waals surface area contributed by atoms with Crippen molar-refractivity contribution >= 4 is 5.91 Å². The molecule has 0 N–H and O–H groups in total. The summed E-state index contributed by atoms with van der Waals surface area (Å²) in [4.78, 5) is 19.4. The number of hydrogen-bond donors (Lipinski definition) is 0. The fourth-order valence-corrected chi connectivity index (χ4v) is 3.97. The van der Waals surface area contributed by atoms with Crippen molar-refractivity contribution in [3.8, 4) is 28.6 Å². The summed E-state index contributed by atoms with van der Waals surface area (Å²) in [6, 6.07) is 13.1. The Balaban J connectivity index is 1.44. The van der Waals surface area contributed by atoms with Gasteiger partial charge in [0.05, 0.1) is 21.3 Å². The molecule has 1 fully saturated rings. The first-order chi connectivity index (χ1) is 15.6. The summed E-state index contributed by atoms with van der Waals surface area (Å²) < 4.78 is 21.4. The molecule has 4 rings (SSSR count). The highest BCUT2D eigenvalue weighted by Gasteiger charge is 2.33. The van der Waals surface area contributed by atoms with Crippen LogP contribution in [-0.2, 0) is 11.2 Å². The molecule has 0 saturated carbocycles. The van der Waals surface area contributed by atoms with Crippen molar-refractivity contribution in [3.63, 3.8) is 0 Å². The average molecular weight is 437 g/mol. The van der Waals surface area contributed by atoms with E-state index in [0.717, 1.165) is 29.7 Å². The summed E-state index contributed by atoms with van der Waals surface area (Å²) in [6.45, 7) is 0.695. The molecule has 1 aliphatic rings. The highest BCUT2D eigenvalue weighted by Crippen LogP contribution is 2.35. The Labute approximate surface area is 187 Å². The first-order valence-electron chi connectivity index (χ1n) is 10.6. The molecule has 8 nitrogen and oxygen atoms in total. The van der Waals surface area contributed by atoms with Gasteiger partial charge in [0.2, 0.25) is 17.6 Å². The second-order valence-electron chi connectivity index (χ2n) is 7.62. The molecule has 1 saturated heterocycles. The first-order valence-corrected chi connectivity index (χ1v) is 10.6. The van der Waals surface area contributed by atoms with Crippen LogP contribution in [0.4, 0.5) is 0 Å². The maximum atomic E-state index is 12.9. The lowest BCUT2D eigenvalue weighted by atomic mass is 10.1. The number of aromatic nitrogens is 2. The lowest BCUT2D eigenvalue weighted by Gasteiger charge is -2.21. The predicted molar refractivity (Wildman–Crippen MR) is 118 cm³/mol. The van der Waals surface area contributed by atoms with Crippen molar-refractivity contribution in [2.75, 3.05) is 27.9 Å². The third-order valence-electron chi connectivity index (χ3n) is 5.73. The van der Waals surface area contributed by atoms with E-state index >= 15 is 0 Å². The van der Waals surface area contributed by atoms with Crippen molar-refractivity contribution in [1.29, 1.82) is 0 Å². The second-order valence-corrected chi connectivity index (χ2v) is 7.62. The van der Waals surface area contributed by atoms with Crippen LogP contribution in [-0.4, -0.2) is 48.8 Å². The molecular weight excluding hydrogens is 410 g/mol. The standard InChI is InChI=1S/C24H27N3O5/c1-29-18-10-6-16(7-11-18)8-13-22(28)27-14-4-5-19(27)24-25-23(26-32-24)17-9-12-20(30-2)21(15-17)31-3/h6-7,9-12,15,19H,4-5,8,13-14H2,1-3H3. The van der Waals surface area contributed by atoms with E-state index < -0.39 is 0 Å². The van der Waals surface area contributed by atoms with Gasteiger partial charge in [-0.2, -0.15) is 4.98 Å². The van der Waals surface area contributed by atoms with E-state index in [-0.39, 0.29) is 11.9 Å². The monoisotopic (exact) mass is 437 g/mol. The molecule has 0 aliphatic carbocycles. The quantitative estimate of drug-likeness (QED) is 0.525. The zero-order valence-corrected chi connectivity index (χ0v) is 18.5. The fraction of sp³-hybridized carbons (Fsp3) is 0.375. The highest BCUT2D eigenvalue weighted by atomic mass is 16.5. The van der Waals surface area contributed by atoms with Gasteiger partial charge in [-0.25, -0.2) is 0 Å². The third kappa shape index (κ3) is 4.54. The van der Waals surface area contributed by atoms with Gasteiger partial charge >= 0.3 is 0 Å². The number of carbonyl (C=O) groups excluding carboxylic acids is 1. The Morgan fingerprint density at radius 1 is 1.06 bits per heavy atom. The molecule has 0 radical (unpaired) electrons. The van der Waals surface area contributed by atoms with E-state index in [9.17, 15) is 4.79 Å². The molecule has 1 aliphatic heterocycles. The molecule has 3 aromatic rings. The molecule has 0 bridgehead atoms. The number of hydrogen-bond acceptors (Lipinski definition) is 7. The highest BCUT2D eigenvalue weighted by molar-refractivity contribution is 5.77. The van der Waals surface area contributed by atoms with Crippen LogP contribution in [0.15, 0.2) is 47.0 Å². The van der Waals surface area contributed by atoms with Gasteiger partial charge in [0.25, 0.3) is 0 Å². The molecule has 1 aromatic heterocycles. The van der Waals surface area contributed by atoms with E-state index in [2.05, 4.69) is 10.1 Å². The van der Waals surface area contributed by atoms with Gasteiger partial charge in [-0.3, -0.25) is 4.79 Å². The average Bonchev–Trinajstić information content (AvgIpc) is 3.52. The summed E-state index contributed by atoms with van der Waals surface area (Å²) in [5.74, 6) is 3.04. The number of benzene rings is 2. The van der Waals surface area contributed by atoms with Gasteiger partial charge in [0, 0.05) is 18.5 Å². The van der Waals surface area contributed by atoms with Crippen LogP contribution in [0.3, 0.4) is 0 Å². The molecule has 1 atom stereocenters. The summed E-state index contributed by atoms with van der Waals surface area (Å²) in [6.07, 6.45) is 2.82. The van der Waals surface area contributed by atoms with Gasteiger partial charge in [-0.05, 0) is 55.2 Å². The summed E-state index contributed by atoms with van der Waals surface area (Å²) in [5.41, 5.74) is 1.86. The number of likely N-dealkylation sites (tertiary alicyclic amines) is 1. The van der Waals surface area contributed by atoms with Crippen LogP contribution in [0.2, 0.25) is 0 Å². The fourth-order valence-electron chi connectivity index (χ4n) is 3.97. The predicted octanol–water partition coefficient (Wildman–Crippen LogP) is 4.06.